The van der Waals surface area contributed by atoms with Crippen molar-refractivity contribution in [1.82, 2.24) is 10.2 Å². The van der Waals surface area contributed by atoms with Crippen molar-refractivity contribution >= 4 is 5.97 Å². The summed E-state index contributed by atoms with van der Waals surface area (Å²) < 4.78 is 0. The van der Waals surface area contributed by atoms with Crippen LogP contribution in [-0.2, 0) is 4.79 Å². The van der Waals surface area contributed by atoms with E-state index in [0.29, 0.717) is 0 Å². The molecule has 68 valence electrons. The van der Waals surface area contributed by atoms with Crippen molar-refractivity contribution in [2.75, 3.05) is 0 Å². The number of aromatic nitrogens is 2. The molecule has 0 aromatic carbocycles. The number of aromatic amines is 1. The van der Waals surface area contributed by atoms with E-state index in [-0.39, 0.29) is 6.42 Å². The van der Waals surface area contributed by atoms with Crippen LogP contribution in [0.25, 0.3) is 0 Å². The molecule has 4 heteroatoms. The fraction of sp³-hybridized carbons (Fsp3) is 0.333. The Bertz CT molecular complexity index is 363. The van der Waals surface area contributed by atoms with E-state index < -0.39 is 5.97 Å². The number of carboxylic acid groups (broad SMARTS) is 1. The molecule has 13 heavy (non-hydrogen) atoms. The molecule has 0 radical (unpaired) electrons. The lowest BCUT2D eigenvalue weighted by Gasteiger charge is -1.86. The van der Waals surface area contributed by atoms with Crippen LogP contribution in [0.2, 0.25) is 0 Å². The topological polar surface area (TPSA) is 66.0 Å². The van der Waals surface area contributed by atoms with E-state index in [9.17, 15) is 4.79 Å². The number of H-pyrrole nitrogens is 1. The minimum atomic E-state index is -0.911. The number of aliphatic carboxylic acids is 1. The Balaban J connectivity index is 2.82. The van der Waals surface area contributed by atoms with E-state index in [4.69, 9.17) is 5.11 Å². The normalized spacial score (nSPS) is 9.08. The Kier molecular flexibility index (Phi) is 2.70. The average molecular weight is 178 g/mol. The number of nitrogens with zero attached hydrogens (tertiary/aromatic N) is 1. The highest BCUT2D eigenvalue weighted by atomic mass is 16.4. The highest BCUT2D eigenvalue weighted by molar-refractivity contribution is 5.70. The third kappa shape index (κ3) is 2.34. The maximum Gasteiger partial charge on any atom is 0.315 e. The summed E-state index contributed by atoms with van der Waals surface area (Å²) in [5, 5.41) is 15.1. The number of aryl methyl sites for hydroxylation is 2. The Morgan fingerprint density at radius 1 is 1.62 bits per heavy atom. The molecule has 1 rings (SSSR count). The van der Waals surface area contributed by atoms with Gasteiger partial charge in [-0.05, 0) is 13.8 Å². The zero-order valence-corrected chi connectivity index (χ0v) is 7.51. The van der Waals surface area contributed by atoms with E-state index in [1.54, 1.807) is 0 Å². The first-order valence-electron chi connectivity index (χ1n) is 3.83. The molecule has 0 saturated heterocycles. The Hall–Kier alpha value is -1.76. The number of carboxylic acids is 1. The van der Waals surface area contributed by atoms with E-state index >= 15 is 0 Å². The van der Waals surface area contributed by atoms with Crippen molar-refractivity contribution in [2.45, 2.75) is 20.3 Å². The summed E-state index contributed by atoms with van der Waals surface area (Å²) in [6.45, 7) is 3.68. The van der Waals surface area contributed by atoms with Gasteiger partial charge >= 0.3 is 5.97 Å². The summed E-state index contributed by atoms with van der Waals surface area (Å²) >= 11 is 0. The summed E-state index contributed by atoms with van der Waals surface area (Å²) in [5.41, 5.74) is 2.46. The van der Waals surface area contributed by atoms with Crippen LogP contribution in [0.1, 0.15) is 23.4 Å². The first-order chi connectivity index (χ1) is 6.11. The fourth-order valence-corrected chi connectivity index (χ4v) is 0.943. The van der Waals surface area contributed by atoms with Crippen LogP contribution in [0.3, 0.4) is 0 Å². The first-order valence-corrected chi connectivity index (χ1v) is 3.83. The lowest BCUT2D eigenvalue weighted by atomic mass is 10.2. The predicted octanol–water partition coefficient (Wildman–Crippen LogP) is 0.853. The third-order valence-corrected chi connectivity index (χ3v) is 1.58. The molecule has 0 aliphatic heterocycles. The fourth-order valence-electron chi connectivity index (χ4n) is 0.943. The maximum atomic E-state index is 10.2. The average Bonchev–Trinajstić information content (AvgIpc) is 2.34. The van der Waals surface area contributed by atoms with Crippen molar-refractivity contribution in [3.05, 3.63) is 17.0 Å². The monoisotopic (exact) mass is 178 g/mol. The second-order valence-electron chi connectivity index (χ2n) is 2.68. The SMILES string of the molecule is Cc1n[nH]c(C)c1C#CCC(=O)O. The first kappa shape index (κ1) is 9.33. The van der Waals surface area contributed by atoms with Crippen molar-refractivity contribution in [3.8, 4) is 11.8 Å². The van der Waals surface area contributed by atoms with Gasteiger partial charge in [-0.3, -0.25) is 9.89 Å². The largest absolute Gasteiger partial charge is 0.481 e. The molecule has 0 unspecified atom stereocenters. The van der Waals surface area contributed by atoms with Crippen LogP contribution < -0.4 is 0 Å². The standard InChI is InChI=1S/C9H10N2O2/c1-6-8(7(2)11-10-6)4-3-5-9(12)13/h5H2,1-2H3,(H,10,11)(H,12,13). The number of hydrogen-bond acceptors (Lipinski definition) is 2. The summed E-state index contributed by atoms with van der Waals surface area (Å²) in [6.07, 6.45) is -0.135. The molecular formula is C9H10N2O2. The highest BCUT2D eigenvalue weighted by Crippen LogP contribution is 2.06. The quantitative estimate of drug-likeness (QED) is 0.626. The predicted molar refractivity (Wildman–Crippen MR) is 47.2 cm³/mol. The molecule has 4 nitrogen and oxygen atoms in total. The smallest absolute Gasteiger partial charge is 0.315 e. The number of rotatable bonds is 1. The van der Waals surface area contributed by atoms with Gasteiger partial charge in [0.2, 0.25) is 0 Å². The molecule has 1 heterocycles. The molecular weight excluding hydrogens is 168 g/mol. The molecule has 0 spiro atoms. The Morgan fingerprint density at radius 3 is 2.77 bits per heavy atom. The molecule has 1 aromatic heterocycles. The van der Waals surface area contributed by atoms with E-state index in [1.807, 2.05) is 13.8 Å². The maximum absolute atomic E-state index is 10.2. The van der Waals surface area contributed by atoms with Crippen molar-refractivity contribution in [1.29, 1.82) is 0 Å². The minimum absolute atomic E-state index is 0.135. The number of carbonyl (C=O) groups is 1. The van der Waals surface area contributed by atoms with Gasteiger partial charge in [0.05, 0.1) is 11.3 Å². The minimum Gasteiger partial charge on any atom is -0.481 e. The van der Waals surface area contributed by atoms with Gasteiger partial charge in [0, 0.05) is 5.69 Å². The second-order valence-corrected chi connectivity index (χ2v) is 2.68. The van der Waals surface area contributed by atoms with Gasteiger partial charge in [-0.15, -0.1) is 0 Å². The van der Waals surface area contributed by atoms with Gasteiger partial charge in [0.25, 0.3) is 0 Å². The van der Waals surface area contributed by atoms with Crippen LogP contribution in [0.4, 0.5) is 0 Å². The number of hydrogen-bond donors (Lipinski definition) is 2. The Morgan fingerprint density at radius 2 is 2.31 bits per heavy atom. The van der Waals surface area contributed by atoms with Gasteiger partial charge in [0.15, 0.2) is 0 Å². The van der Waals surface area contributed by atoms with Crippen LogP contribution in [0.15, 0.2) is 0 Å². The lowest BCUT2D eigenvalue weighted by Crippen LogP contribution is -1.90. The van der Waals surface area contributed by atoms with Crippen LogP contribution >= 0.6 is 0 Å². The van der Waals surface area contributed by atoms with Crippen LogP contribution in [0.5, 0.6) is 0 Å². The third-order valence-electron chi connectivity index (χ3n) is 1.58. The van der Waals surface area contributed by atoms with E-state index in [0.717, 1.165) is 17.0 Å². The zero-order chi connectivity index (χ0) is 9.84. The van der Waals surface area contributed by atoms with Crippen LogP contribution in [-0.4, -0.2) is 21.3 Å². The van der Waals surface area contributed by atoms with E-state index in [1.165, 1.54) is 0 Å². The van der Waals surface area contributed by atoms with Gasteiger partial charge < -0.3 is 5.11 Å². The summed E-state index contributed by atoms with van der Waals surface area (Å²) in [4.78, 5) is 10.2. The van der Waals surface area contributed by atoms with Crippen LogP contribution in [0, 0.1) is 25.7 Å². The molecule has 0 fully saturated rings. The molecule has 0 saturated carbocycles. The zero-order valence-electron chi connectivity index (χ0n) is 7.51. The molecule has 0 bridgehead atoms. The van der Waals surface area contributed by atoms with Gasteiger partial charge in [-0.25, -0.2) is 0 Å². The summed E-state index contributed by atoms with van der Waals surface area (Å²) in [7, 11) is 0. The molecule has 0 aliphatic rings. The van der Waals surface area contributed by atoms with Crippen molar-refractivity contribution in [3.63, 3.8) is 0 Å². The molecule has 2 N–H and O–H groups in total. The molecule has 0 atom stereocenters. The molecule has 0 amide bonds. The van der Waals surface area contributed by atoms with Gasteiger partial charge in [-0.1, -0.05) is 11.8 Å². The highest BCUT2D eigenvalue weighted by Gasteiger charge is 2.01. The summed E-state index contributed by atoms with van der Waals surface area (Å²) in [5.74, 6) is 4.42. The van der Waals surface area contributed by atoms with Gasteiger partial charge in [-0.2, -0.15) is 5.10 Å². The van der Waals surface area contributed by atoms with E-state index in [2.05, 4.69) is 22.0 Å². The molecule has 1 aromatic rings. The van der Waals surface area contributed by atoms with Crippen molar-refractivity contribution in [2.24, 2.45) is 0 Å². The Labute approximate surface area is 76.0 Å². The number of nitrogens with one attached hydrogen (secondary N) is 1. The summed E-state index contributed by atoms with van der Waals surface area (Å²) in [6, 6.07) is 0. The molecule has 0 aliphatic carbocycles. The van der Waals surface area contributed by atoms with Gasteiger partial charge in [0.1, 0.15) is 6.42 Å². The lowest BCUT2D eigenvalue weighted by molar-refractivity contribution is -0.135. The second kappa shape index (κ2) is 3.76. The van der Waals surface area contributed by atoms with Crippen molar-refractivity contribution < 1.29 is 9.90 Å².